The minimum atomic E-state index is -1.50. The third kappa shape index (κ3) is 3.59. The highest BCUT2D eigenvalue weighted by molar-refractivity contribution is 6.70. The Bertz CT molecular complexity index is 376. The average Bonchev–Trinajstić information content (AvgIpc) is 2.80. The van der Waals surface area contributed by atoms with Crippen LogP contribution in [0.2, 0.25) is 19.6 Å². The molecule has 1 aromatic rings. The van der Waals surface area contributed by atoms with Crippen LogP contribution >= 0.6 is 0 Å². The van der Waals surface area contributed by atoms with Gasteiger partial charge in [-0.1, -0.05) is 25.0 Å². The van der Waals surface area contributed by atoms with Crippen LogP contribution in [0.25, 0.3) is 0 Å². The molecule has 0 aliphatic heterocycles. The zero-order valence-corrected chi connectivity index (χ0v) is 12.8. The Labute approximate surface area is 112 Å². The summed E-state index contributed by atoms with van der Waals surface area (Å²) in [5, 5.41) is 0. The minimum absolute atomic E-state index is 0.202. The zero-order chi connectivity index (χ0) is 13.2. The molecule has 2 nitrogen and oxygen atoms in total. The Balaban J connectivity index is 2.02. The lowest BCUT2D eigenvalue weighted by Gasteiger charge is -2.22. The van der Waals surface area contributed by atoms with Crippen molar-refractivity contribution >= 4 is 8.32 Å². The number of nitrogens with two attached hydrogens (primary N) is 1. The van der Waals surface area contributed by atoms with E-state index >= 15 is 0 Å². The first-order chi connectivity index (χ1) is 8.46. The second-order valence-corrected chi connectivity index (χ2v) is 10.8. The molecule has 0 saturated heterocycles. The van der Waals surface area contributed by atoms with E-state index in [4.69, 9.17) is 10.2 Å². The summed E-state index contributed by atoms with van der Waals surface area (Å²) in [4.78, 5) is 0. The molecule has 100 valence electrons. The molecule has 1 atom stereocenters. The summed E-state index contributed by atoms with van der Waals surface area (Å²) in [5.41, 5.74) is 7.60. The molecule has 3 heteroatoms. The lowest BCUT2D eigenvalue weighted by Crippen LogP contribution is -2.29. The normalized spacial score (nSPS) is 18.9. The van der Waals surface area contributed by atoms with Gasteiger partial charge in [-0.15, -0.1) is 0 Å². The van der Waals surface area contributed by atoms with E-state index in [2.05, 4.69) is 43.9 Å². The fraction of sp³-hybridized carbons (Fsp3) is 0.600. The van der Waals surface area contributed by atoms with Crippen molar-refractivity contribution in [2.45, 2.75) is 51.4 Å². The summed E-state index contributed by atoms with van der Waals surface area (Å²) in [6.45, 7) is 6.60. The van der Waals surface area contributed by atoms with Crippen LogP contribution in [0.15, 0.2) is 24.3 Å². The predicted molar refractivity (Wildman–Crippen MR) is 79.3 cm³/mol. The molecule has 0 bridgehead atoms. The molecular formula is C15H25NOSi. The van der Waals surface area contributed by atoms with Gasteiger partial charge in [-0.05, 0) is 56.1 Å². The van der Waals surface area contributed by atoms with Crippen LogP contribution in [0.3, 0.4) is 0 Å². The standard InChI is InChI=1S/C15H25NOSi/c1-18(2,3)17-14-10-8-13(9-11-14)15(16)12-6-4-5-7-12/h8-12,15H,4-7,16H2,1-3H3/t15-/m1/s1. The van der Waals surface area contributed by atoms with Crippen LogP contribution in [-0.2, 0) is 0 Å². The quantitative estimate of drug-likeness (QED) is 0.830. The second-order valence-electron chi connectivity index (χ2n) is 6.35. The maximum atomic E-state index is 6.35. The Morgan fingerprint density at radius 2 is 1.67 bits per heavy atom. The van der Waals surface area contributed by atoms with Crippen molar-refractivity contribution < 1.29 is 4.43 Å². The molecule has 0 heterocycles. The van der Waals surface area contributed by atoms with Crippen molar-refractivity contribution in [3.63, 3.8) is 0 Å². The first kappa shape index (κ1) is 13.6. The van der Waals surface area contributed by atoms with E-state index < -0.39 is 8.32 Å². The molecule has 0 radical (unpaired) electrons. The zero-order valence-electron chi connectivity index (χ0n) is 11.8. The Kier molecular flexibility index (Phi) is 4.13. The summed E-state index contributed by atoms with van der Waals surface area (Å²) >= 11 is 0. The first-order valence-electron chi connectivity index (χ1n) is 7.00. The molecule has 18 heavy (non-hydrogen) atoms. The van der Waals surface area contributed by atoms with Gasteiger partial charge in [0.15, 0.2) is 0 Å². The Morgan fingerprint density at radius 1 is 1.11 bits per heavy atom. The molecule has 1 aliphatic carbocycles. The smallest absolute Gasteiger partial charge is 0.242 e. The van der Waals surface area contributed by atoms with Crippen LogP contribution in [0.5, 0.6) is 5.75 Å². The first-order valence-corrected chi connectivity index (χ1v) is 10.4. The van der Waals surface area contributed by atoms with Gasteiger partial charge in [0.05, 0.1) is 0 Å². The van der Waals surface area contributed by atoms with Gasteiger partial charge in [0.2, 0.25) is 8.32 Å². The maximum Gasteiger partial charge on any atom is 0.242 e. The van der Waals surface area contributed by atoms with E-state index in [1.165, 1.54) is 31.2 Å². The van der Waals surface area contributed by atoms with Gasteiger partial charge < -0.3 is 10.2 Å². The minimum Gasteiger partial charge on any atom is -0.544 e. The van der Waals surface area contributed by atoms with Crippen molar-refractivity contribution in [3.05, 3.63) is 29.8 Å². The van der Waals surface area contributed by atoms with E-state index in [9.17, 15) is 0 Å². The molecule has 1 aliphatic rings. The molecule has 1 fully saturated rings. The highest BCUT2D eigenvalue weighted by Crippen LogP contribution is 2.34. The van der Waals surface area contributed by atoms with Gasteiger partial charge >= 0.3 is 0 Å². The SMILES string of the molecule is C[Si](C)(C)Oc1ccc([C@H](N)C2CCCC2)cc1. The molecule has 0 aromatic heterocycles. The third-order valence-corrected chi connectivity index (χ3v) is 4.44. The van der Waals surface area contributed by atoms with Crippen LogP contribution in [-0.4, -0.2) is 8.32 Å². The molecule has 1 saturated carbocycles. The number of benzene rings is 1. The van der Waals surface area contributed by atoms with Crippen molar-refractivity contribution in [2.75, 3.05) is 0 Å². The van der Waals surface area contributed by atoms with Crippen molar-refractivity contribution in [1.29, 1.82) is 0 Å². The highest BCUT2D eigenvalue weighted by Gasteiger charge is 2.23. The molecule has 2 N–H and O–H groups in total. The van der Waals surface area contributed by atoms with E-state index in [0.29, 0.717) is 5.92 Å². The largest absolute Gasteiger partial charge is 0.544 e. The molecule has 1 aromatic carbocycles. The molecule has 0 amide bonds. The van der Waals surface area contributed by atoms with Crippen LogP contribution < -0.4 is 10.2 Å². The second kappa shape index (κ2) is 5.45. The maximum absolute atomic E-state index is 6.35. The van der Waals surface area contributed by atoms with E-state index in [1.807, 2.05) is 0 Å². The number of hydrogen-bond donors (Lipinski definition) is 1. The lowest BCUT2D eigenvalue weighted by atomic mass is 9.92. The summed E-state index contributed by atoms with van der Waals surface area (Å²) in [5.74, 6) is 1.66. The van der Waals surface area contributed by atoms with E-state index in [-0.39, 0.29) is 6.04 Å². The number of hydrogen-bond acceptors (Lipinski definition) is 2. The number of rotatable bonds is 4. The van der Waals surface area contributed by atoms with Gasteiger partial charge in [-0.3, -0.25) is 0 Å². The molecule has 2 rings (SSSR count). The molecular weight excluding hydrogens is 238 g/mol. The van der Waals surface area contributed by atoms with Gasteiger partial charge in [0, 0.05) is 6.04 Å². The van der Waals surface area contributed by atoms with Crippen molar-refractivity contribution in [3.8, 4) is 5.75 Å². The monoisotopic (exact) mass is 263 g/mol. The van der Waals surface area contributed by atoms with Crippen LogP contribution in [0, 0.1) is 5.92 Å². The fourth-order valence-electron chi connectivity index (χ4n) is 2.70. The van der Waals surface area contributed by atoms with E-state index in [1.54, 1.807) is 0 Å². The summed E-state index contributed by atoms with van der Waals surface area (Å²) < 4.78 is 5.96. The third-order valence-electron chi connectivity index (χ3n) is 3.60. The summed E-state index contributed by atoms with van der Waals surface area (Å²) in [6.07, 6.45) is 5.26. The van der Waals surface area contributed by atoms with Gasteiger partial charge in [0.25, 0.3) is 0 Å². The van der Waals surface area contributed by atoms with E-state index in [0.717, 1.165) is 5.75 Å². The van der Waals surface area contributed by atoms with Crippen LogP contribution in [0.1, 0.15) is 37.3 Å². The highest BCUT2D eigenvalue weighted by atomic mass is 28.4. The Morgan fingerprint density at radius 3 is 2.17 bits per heavy atom. The van der Waals surface area contributed by atoms with Gasteiger partial charge in [-0.2, -0.15) is 0 Å². The summed E-state index contributed by atoms with van der Waals surface area (Å²) in [7, 11) is -1.50. The molecule has 0 spiro atoms. The lowest BCUT2D eigenvalue weighted by molar-refractivity contribution is 0.444. The van der Waals surface area contributed by atoms with Crippen molar-refractivity contribution in [1.82, 2.24) is 0 Å². The predicted octanol–water partition coefficient (Wildman–Crippen LogP) is 4.09. The molecule has 0 unspecified atom stereocenters. The van der Waals surface area contributed by atoms with Gasteiger partial charge in [0.1, 0.15) is 5.75 Å². The average molecular weight is 263 g/mol. The van der Waals surface area contributed by atoms with Crippen LogP contribution in [0.4, 0.5) is 0 Å². The van der Waals surface area contributed by atoms with Gasteiger partial charge in [-0.25, -0.2) is 0 Å². The Hall–Kier alpha value is -0.803. The fourth-order valence-corrected chi connectivity index (χ4v) is 3.54. The topological polar surface area (TPSA) is 35.2 Å². The van der Waals surface area contributed by atoms with Crippen molar-refractivity contribution in [2.24, 2.45) is 11.7 Å². The summed E-state index contributed by atoms with van der Waals surface area (Å²) in [6, 6.07) is 8.62.